The number of unbranched alkanes of at least 4 members (excludes halogenated alkanes) is 1. The molecule has 1 aromatic rings. The standard InChI is InChI=1S/C16H27FN2/c1-5-6-10-19(4)16-9-7-8-15(17)14(16)12-18-11-13(2)3/h7-9,13,18H,5-6,10-12H2,1-4H3. The van der Waals surface area contributed by atoms with Gasteiger partial charge in [-0.1, -0.05) is 33.3 Å². The fraction of sp³-hybridized carbons (Fsp3) is 0.625. The summed E-state index contributed by atoms with van der Waals surface area (Å²) in [6.45, 7) is 8.95. The van der Waals surface area contributed by atoms with Crippen LogP contribution in [0.4, 0.5) is 10.1 Å². The maximum absolute atomic E-state index is 14.0. The highest BCUT2D eigenvalue weighted by atomic mass is 19.1. The van der Waals surface area contributed by atoms with E-state index < -0.39 is 0 Å². The molecule has 108 valence electrons. The third kappa shape index (κ3) is 5.19. The minimum absolute atomic E-state index is 0.114. The van der Waals surface area contributed by atoms with Gasteiger partial charge in [0.25, 0.3) is 0 Å². The summed E-state index contributed by atoms with van der Waals surface area (Å²) in [7, 11) is 2.04. The molecule has 1 aromatic carbocycles. The fourth-order valence-corrected chi connectivity index (χ4v) is 2.08. The van der Waals surface area contributed by atoms with Gasteiger partial charge in [-0.2, -0.15) is 0 Å². The van der Waals surface area contributed by atoms with Gasteiger partial charge in [0.05, 0.1) is 0 Å². The molecule has 0 aliphatic rings. The predicted molar refractivity (Wildman–Crippen MR) is 81.1 cm³/mol. The van der Waals surface area contributed by atoms with Gasteiger partial charge < -0.3 is 10.2 Å². The lowest BCUT2D eigenvalue weighted by Crippen LogP contribution is -2.24. The Morgan fingerprint density at radius 1 is 1.32 bits per heavy atom. The second-order valence-corrected chi connectivity index (χ2v) is 5.54. The third-order valence-corrected chi connectivity index (χ3v) is 3.21. The Morgan fingerprint density at radius 3 is 2.68 bits per heavy atom. The lowest BCUT2D eigenvalue weighted by atomic mass is 10.1. The van der Waals surface area contributed by atoms with E-state index in [1.165, 1.54) is 0 Å². The van der Waals surface area contributed by atoms with Crippen molar-refractivity contribution in [3.8, 4) is 0 Å². The highest BCUT2D eigenvalue weighted by Crippen LogP contribution is 2.22. The van der Waals surface area contributed by atoms with Crippen LogP contribution in [0, 0.1) is 11.7 Å². The molecule has 1 N–H and O–H groups in total. The van der Waals surface area contributed by atoms with Crippen molar-refractivity contribution in [3.05, 3.63) is 29.6 Å². The van der Waals surface area contributed by atoms with Crippen LogP contribution in [-0.4, -0.2) is 20.1 Å². The molecule has 1 rings (SSSR count). The molecular formula is C16H27FN2. The van der Waals surface area contributed by atoms with Crippen LogP contribution >= 0.6 is 0 Å². The van der Waals surface area contributed by atoms with Gasteiger partial charge in [-0.25, -0.2) is 4.39 Å². The molecule has 0 heterocycles. The molecule has 0 fully saturated rings. The number of nitrogens with zero attached hydrogens (tertiary/aromatic N) is 1. The van der Waals surface area contributed by atoms with Gasteiger partial charge >= 0.3 is 0 Å². The number of nitrogens with one attached hydrogen (secondary N) is 1. The average molecular weight is 266 g/mol. The summed E-state index contributed by atoms with van der Waals surface area (Å²) in [5, 5.41) is 3.33. The van der Waals surface area contributed by atoms with Crippen LogP contribution in [0.3, 0.4) is 0 Å². The van der Waals surface area contributed by atoms with E-state index in [1.54, 1.807) is 12.1 Å². The first kappa shape index (κ1) is 16.0. The third-order valence-electron chi connectivity index (χ3n) is 3.21. The molecule has 0 unspecified atom stereocenters. The zero-order valence-electron chi connectivity index (χ0n) is 12.7. The zero-order chi connectivity index (χ0) is 14.3. The van der Waals surface area contributed by atoms with Gasteiger partial charge in [0.1, 0.15) is 5.82 Å². The molecule has 0 saturated heterocycles. The lowest BCUT2D eigenvalue weighted by Gasteiger charge is -2.23. The molecule has 0 radical (unpaired) electrons. The Bertz CT molecular complexity index is 377. The molecule has 3 heteroatoms. The fourth-order valence-electron chi connectivity index (χ4n) is 2.08. The molecule has 0 aromatic heterocycles. The first-order chi connectivity index (χ1) is 9.06. The number of halogens is 1. The Labute approximate surface area is 117 Å². The van der Waals surface area contributed by atoms with Crippen LogP contribution in [-0.2, 0) is 6.54 Å². The highest BCUT2D eigenvalue weighted by molar-refractivity contribution is 5.53. The average Bonchev–Trinajstić information content (AvgIpc) is 2.37. The Hall–Kier alpha value is -1.09. The molecule has 0 saturated carbocycles. The van der Waals surface area contributed by atoms with Crippen molar-refractivity contribution in [2.75, 3.05) is 25.0 Å². The Morgan fingerprint density at radius 2 is 2.05 bits per heavy atom. The van der Waals surface area contributed by atoms with E-state index in [4.69, 9.17) is 0 Å². The van der Waals surface area contributed by atoms with Crippen LogP contribution in [0.25, 0.3) is 0 Å². The smallest absolute Gasteiger partial charge is 0.129 e. The first-order valence-electron chi connectivity index (χ1n) is 7.25. The summed E-state index contributed by atoms with van der Waals surface area (Å²) in [6, 6.07) is 5.34. The molecule has 0 bridgehead atoms. The summed E-state index contributed by atoms with van der Waals surface area (Å²) in [5.74, 6) is 0.463. The molecule has 0 atom stereocenters. The summed E-state index contributed by atoms with van der Waals surface area (Å²) in [6.07, 6.45) is 2.28. The van der Waals surface area contributed by atoms with Gasteiger partial charge in [0, 0.05) is 31.4 Å². The van der Waals surface area contributed by atoms with Crippen molar-refractivity contribution < 1.29 is 4.39 Å². The van der Waals surface area contributed by atoms with Crippen molar-refractivity contribution in [2.24, 2.45) is 5.92 Å². The number of anilines is 1. The minimum atomic E-state index is -0.114. The molecular weight excluding hydrogens is 239 g/mol. The van der Waals surface area contributed by atoms with Gasteiger partial charge in [-0.05, 0) is 31.0 Å². The van der Waals surface area contributed by atoms with Crippen LogP contribution < -0.4 is 10.2 Å². The summed E-state index contributed by atoms with van der Waals surface area (Å²) >= 11 is 0. The van der Waals surface area contributed by atoms with Crippen molar-refractivity contribution >= 4 is 5.69 Å². The van der Waals surface area contributed by atoms with E-state index >= 15 is 0 Å². The van der Waals surface area contributed by atoms with Crippen molar-refractivity contribution in [1.82, 2.24) is 5.32 Å². The molecule has 19 heavy (non-hydrogen) atoms. The van der Waals surface area contributed by atoms with Crippen LogP contribution in [0.15, 0.2) is 18.2 Å². The second-order valence-electron chi connectivity index (χ2n) is 5.54. The molecule has 2 nitrogen and oxygen atoms in total. The van der Waals surface area contributed by atoms with Crippen LogP contribution in [0.1, 0.15) is 39.2 Å². The van der Waals surface area contributed by atoms with Gasteiger partial charge in [-0.3, -0.25) is 0 Å². The molecule has 0 spiro atoms. The quantitative estimate of drug-likeness (QED) is 0.769. The van der Waals surface area contributed by atoms with E-state index in [9.17, 15) is 4.39 Å². The molecule has 0 aliphatic carbocycles. The van der Waals surface area contributed by atoms with E-state index in [2.05, 4.69) is 31.0 Å². The van der Waals surface area contributed by atoms with Gasteiger partial charge in [-0.15, -0.1) is 0 Å². The Kier molecular flexibility index (Phi) is 6.85. The van der Waals surface area contributed by atoms with E-state index in [0.29, 0.717) is 12.5 Å². The molecule has 0 amide bonds. The van der Waals surface area contributed by atoms with Crippen molar-refractivity contribution in [2.45, 2.75) is 40.2 Å². The maximum Gasteiger partial charge on any atom is 0.129 e. The van der Waals surface area contributed by atoms with Crippen molar-refractivity contribution in [3.63, 3.8) is 0 Å². The number of benzene rings is 1. The second kappa shape index (κ2) is 8.16. The monoisotopic (exact) mass is 266 g/mol. The number of rotatable bonds is 8. The normalized spacial score (nSPS) is 11.1. The summed E-state index contributed by atoms with van der Waals surface area (Å²) in [4.78, 5) is 2.15. The van der Waals surface area contributed by atoms with Crippen LogP contribution in [0.5, 0.6) is 0 Å². The van der Waals surface area contributed by atoms with E-state index in [1.807, 2.05) is 13.1 Å². The maximum atomic E-state index is 14.0. The summed E-state index contributed by atoms with van der Waals surface area (Å²) < 4.78 is 14.0. The first-order valence-corrected chi connectivity index (χ1v) is 7.25. The van der Waals surface area contributed by atoms with Crippen molar-refractivity contribution in [1.29, 1.82) is 0 Å². The van der Waals surface area contributed by atoms with Gasteiger partial charge in [0.15, 0.2) is 0 Å². The zero-order valence-corrected chi connectivity index (χ0v) is 12.7. The highest BCUT2D eigenvalue weighted by Gasteiger charge is 2.11. The van der Waals surface area contributed by atoms with E-state index in [0.717, 1.165) is 37.2 Å². The Balaban J connectivity index is 2.76. The number of hydrogen-bond acceptors (Lipinski definition) is 2. The van der Waals surface area contributed by atoms with Crippen LogP contribution in [0.2, 0.25) is 0 Å². The lowest BCUT2D eigenvalue weighted by molar-refractivity contribution is 0.534. The van der Waals surface area contributed by atoms with Gasteiger partial charge in [0.2, 0.25) is 0 Å². The predicted octanol–water partition coefficient (Wildman–Crippen LogP) is 3.81. The topological polar surface area (TPSA) is 15.3 Å². The SMILES string of the molecule is CCCCN(C)c1cccc(F)c1CNCC(C)C. The minimum Gasteiger partial charge on any atom is -0.374 e. The largest absolute Gasteiger partial charge is 0.374 e. The molecule has 0 aliphatic heterocycles. The summed E-state index contributed by atoms with van der Waals surface area (Å²) in [5.41, 5.74) is 1.78. The van der Waals surface area contributed by atoms with E-state index in [-0.39, 0.29) is 5.82 Å². The number of hydrogen-bond donors (Lipinski definition) is 1.